The Balaban J connectivity index is 0.000000153. The summed E-state index contributed by atoms with van der Waals surface area (Å²) in [5, 5.41) is 3.47. The van der Waals surface area contributed by atoms with Crippen molar-refractivity contribution in [2.75, 3.05) is 0 Å². The van der Waals surface area contributed by atoms with Crippen molar-refractivity contribution in [2.24, 2.45) is 0 Å². The van der Waals surface area contributed by atoms with E-state index in [9.17, 15) is 9.59 Å². The molecule has 0 saturated carbocycles. The van der Waals surface area contributed by atoms with Gasteiger partial charge in [0.1, 0.15) is 0 Å². The first-order chi connectivity index (χ1) is 17.9. The van der Waals surface area contributed by atoms with Crippen LogP contribution >= 0.6 is 22.7 Å². The third-order valence-corrected chi connectivity index (χ3v) is 9.29. The Labute approximate surface area is 224 Å². The second-order valence-corrected chi connectivity index (χ2v) is 11.7. The Bertz CT molecular complexity index is 1880. The van der Waals surface area contributed by atoms with E-state index in [1.54, 1.807) is 22.7 Å². The molecule has 0 amide bonds. The van der Waals surface area contributed by atoms with Crippen molar-refractivity contribution in [3.8, 4) is 0 Å². The molecule has 0 aliphatic heterocycles. The molecule has 0 aliphatic rings. The fourth-order valence-corrected chi connectivity index (χ4v) is 7.15. The monoisotopic (exact) mass is 522 g/mol. The van der Waals surface area contributed by atoms with E-state index in [0.717, 1.165) is 48.5 Å². The van der Waals surface area contributed by atoms with Gasteiger partial charge in [-0.2, -0.15) is 0 Å². The number of aryl methyl sites for hydroxylation is 2. The fraction of sp³-hybridized carbons (Fsp3) is 0.212. The Morgan fingerprint density at radius 3 is 1.92 bits per heavy atom. The van der Waals surface area contributed by atoms with Crippen LogP contribution in [0.2, 0.25) is 0 Å². The molecule has 2 aromatic heterocycles. The predicted molar refractivity (Wildman–Crippen MR) is 164 cm³/mol. The van der Waals surface area contributed by atoms with E-state index >= 15 is 0 Å². The van der Waals surface area contributed by atoms with Crippen LogP contribution in [-0.2, 0) is 12.8 Å². The van der Waals surface area contributed by atoms with Gasteiger partial charge in [0.25, 0.3) is 0 Å². The summed E-state index contributed by atoms with van der Waals surface area (Å²) in [7, 11) is 0. The summed E-state index contributed by atoms with van der Waals surface area (Å²) in [4.78, 5) is 25.3. The van der Waals surface area contributed by atoms with E-state index in [2.05, 4.69) is 52.0 Å². The summed E-state index contributed by atoms with van der Waals surface area (Å²) in [6.07, 6.45) is 1.93. The molecule has 2 heterocycles. The lowest BCUT2D eigenvalue weighted by atomic mass is 9.96. The molecule has 4 heteroatoms. The van der Waals surface area contributed by atoms with Gasteiger partial charge < -0.3 is 0 Å². The highest BCUT2D eigenvalue weighted by atomic mass is 32.1. The lowest BCUT2D eigenvalue weighted by molar-refractivity contribution is 0.875. The van der Waals surface area contributed by atoms with Crippen molar-refractivity contribution >= 4 is 63.0 Å². The molecule has 6 rings (SSSR count). The lowest BCUT2D eigenvalue weighted by Crippen LogP contribution is -2.06. The van der Waals surface area contributed by atoms with Crippen molar-refractivity contribution in [3.05, 3.63) is 116 Å². The third-order valence-electron chi connectivity index (χ3n) is 6.89. The molecule has 0 saturated heterocycles. The predicted octanol–water partition coefficient (Wildman–Crippen LogP) is 9.08. The number of benzene rings is 4. The zero-order valence-electron chi connectivity index (χ0n) is 21.6. The van der Waals surface area contributed by atoms with Gasteiger partial charge in [-0.05, 0) is 71.8 Å². The van der Waals surface area contributed by atoms with Gasteiger partial charge in [0.2, 0.25) is 0 Å². The Hall–Kier alpha value is -3.34. The molecule has 0 N–H and O–H groups in total. The standard InChI is InChI=1S/C18H18OS.C15H12OS/c1-4-12-9-10-13(11(2)3)16-17(19)14-7-5-6-8-15(14)20-18(12)16;1-2-10-7-8-14-12(9-10)15(16)11-5-3-4-6-13(11)17-14/h5-11H,4H2,1-3H3;3-9H,2H2,1H3. The zero-order valence-corrected chi connectivity index (χ0v) is 23.3. The van der Waals surface area contributed by atoms with Crippen LogP contribution in [0.15, 0.2) is 88.5 Å². The highest BCUT2D eigenvalue weighted by molar-refractivity contribution is 7.25. The fourth-order valence-electron chi connectivity index (χ4n) is 4.81. The number of fused-ring (bicyclic) bond motifs is 4. The summed E-state index contributed by atoms with van der Waals surface area (Å²) in [5.74, 6) is 0.365. The minimum atomic E-state index is 0.157. The normalized spacial score (nSPS) is 11.4. The molecular formula is C33H30O2S2. The molecule has 186 valence electrons. The highest BCUT2D eigenvalue weighted by Crippen LogP contribution is 2.32. The minimum absolute atomic E-state index is 0.157. The van der Waals surface area contributed by atoms with E-state index < -0.39 is 0 Å². The van der Waals surface area contributed by atoms with Crippen LogP contribution in [0, 0.1) is 0 Å². The SMILES string of the molecule is CCc1ccc(C(C)C)c2c(=O)c3ccccc3sc12.CCc1ccc2sc3ccccc3c(=O)c2c1. The second-order valence-electron chi connectivity index (χ2n) is 9.57. The van der Waals surface area contributed by atoms with E-state index in [4.69, 9.17) is 0 Å². The van der Waals surface area contributed by atoms with E-state index in [-0.39, 0.29) is 10.9 Å². The van der Waals surface area contributed by atoms with Crippen LogP contribution in [0.3, 0.4) is 0 Å². The molecule has 4 aromatic carbocycles. The van der Waals surface area contributed by atoms with Crippen molar-refractivity contribution < 1.29 is 0 Å². The molecular weight excluding hydrogens is 492 g/mol. The molecule has 0 bridgehead atoms. The van der Waals surface area contributed by atoms with Crippen LogP contribution in [0.5, 0.6) is 0 Å². The first kappa shape index (κ1) is 25.3. The van der Waals surface area contributed by atoms with Gasteiger partial charge in [-0.15, -0.1) is 22.7 Å². The molecule has 0 fully saturated rings. The minimum Gasteiger partial charge on any atom is -0.289 e. The van der Waals surface area contributed by atoms with Crippen molar-refractivity contribution in [1.82, 2.24) is 0 Å². The van der Waals surface area contributed by atoms with Gasteiger partial charge in [0.15, 0.2) is 10.9 Å². The van der Waals surface area contributed by atoms with Gasteiger partial charge in [-0.1, -0.05) is 70.2 Å². The zero-order chi connectivity index (χ0) is 26.1. The molecule has 2 nitrogen and oxygen atoms in total. The second kappa shape index (κ2) is 10.6. The lowest BCUT2D eigenvalue weighted by Gasteiger charge is -2.13. The maximum absolute atomic E-state index is 12.9. The summed E-state index contributed by atoms with van der Waals surface area (Å²) < 4.78 is 4.39. The average molecular weight is 523 g/mol. The van der Waals surface area contributed by atoms with E-state index in [1.165, 1.54) is 21.4 Å². The van der Waals surface area contributed by atoms with Crippen LogP contribution < -0.4 is 10.9 Å². The molecule has 37 heavy (non-hydrogen) atoms. The first-order valence-corrected chi connectivity index (χ1v) is 14.5. The maximum atomic E-state index is 12.9. The third kappa shape index (κ3) is 4.72. The summed E-state index contributed by atoms with van der Waals surface area (Å²) >= 11 is 3.43. The summed E-state index contributed by atoms with van der Waals surface area (Å²) in [6, 6.07) is 26.3. The van der Waals surface area contributed by atoms with Gasteiger partial charge in [0.05, 0.1) is 0 Å². The molecule has 0 spiro atoms. The molecule has 0 atom stereocenters. The van der Waals surface area contributed by atoms with Crippen LogP contribution in [0.25, 0.3) is 40.3 Å². The summed E-state index contributed by atoms with van der Waals surface area (Å²) in [5.41, 5.74) is 4.01. The van der Waals surface area contributed by atoms with E-state index in [0.29, 0.717) is 5.92 Å². The van der Waals surface area contributed by atoms with Gasteiger partial charge >= 0.3 is 0 Å². The molecule has 0 radical (unpaired) electrons. The van der Waals surface area contributed by atoms with E-state index in [1.807, 2.05) is 54.6 Å². The Morgan fingerprint density at radius 2 is 1.27 bits per heavy atom. The van der Waals surface area contributed by atoms with Crippen LogP contribution in [0.1, 0.15) is 50.3 Å². The first-order valence-electron chi connectivity index (χ1n) is 12.8. The van der Waals surface area contributed by atoms with Gasteiger partial charge in [0, 0.05) is 40.3 Å². The smallest absolute Gasteiger partial charge is 0.196 e. The van der Waals surface area contributed by atoms with Crippen molar-refractivity contribution in [2.45, 2.75) is 46.5 Å². The number of hydrogen-bond donors (Lipinski definition) is 0. The summed E-state index contributed by atoms with van der Waals surface area (Å²) in [6.45, 7) is 8.56. The topological polar surface area (TPSA) is 34.1 Å². The van der Waals surface area contributed by atoms with Gasteiger partial charge in [-0.3, -0.25) is 9.59 Å². The van der Waals surface area contributed by atoms with Crippen LogP contribution in [-0.4, -0.2) is 0 Å². The molecule has 0 unspecified atom stereocenters. The average Bonchev–Trinajstić information content (AvgIpc) is 2.93. The molecule has 0 aliphatic carbocycles. The maximum Gasteiger partial charge on any atom is 0.196 e. The Kier molecular flexibility index (Phi) is 7.23. The van der Waals surface area contributed by atoms with Gasteiger partial charge in [-0.25, -0.2) is 0 Å². The van der Waals surface area contributed by atoms with Crippen LogP contribution in [0.4, 0.5) is 0 Å². The molecule has 6 aromatic rings. The van der Waals surface area contributed by atoms with Crippen molar-refractivity contribution in [1.29, 1.82) is 0 Å². The van der Waals surface area contributed by atoms with Crippen molar-refractivity contribution in [3.63, 3.8) is 0 Å². The largest absolute Gasteiger partial charge is 0.289 e. The number of hydrogen-bond acceptors (Lipinski definition) is 4. The highest BCUT2D eigenvalue weighted by Gasteiger charge is 2.14. The Morgan fingerprint density at radius 1 is 0.649 bits per heavy atom. The quantitative estimate of drug-likeness (QED) is 0.217. The number of rotatable bonds is 3.